The number of carbonyl (C=O) groups is 1. The standard InChI is InChI=1S/C21H20F3N3O2/c1-14(2)15-7-9-16(10-8-15)29-13-27-12-11-19(26-27)20(28)25-18-6-4-3-5-17(18)21(22,23)24/h3-12,14H,13H2,1-2H3,(H,25,28). The number of aromatic nitrogens is 2. The summed E-state index contributed by atoms with van der Waals surface area (Å²) in [6, 6.07) is 13.8. The van der Waals surface area contributed by atoms with Crippen LogP contribution in [-0.4, -0.2) is 15.7 Å². The number of anilines is 1. The molecule has 0 radical (unpaired) electrons. The maximum absolute atomic E-state index is 13.0. The largest absolute Gasteiger partial charge is 0.471 e. The second-order valence-corrected chi connectivity index (χ2v) is 6.74. The van der Waals surface area contributed by atoms with Gasteiger partial charge in [0.15, 0.2) is 12.4 Å². The SMILES string of the molecule is CC(C)c1ccc(OCn2ccc(C(=O)Nc3ccccc3C(F)(F)F)n2)cc1. The highest BCUT2D eigenvalue weighted by atomic mass is 19.4. The van der Waals surface area contributed by atoms with E-state index in [-0.39, 0.29) is 18.1 Å². The van der Waals surface area contributed by atoms with Gasteiger partial charge in [-0.3, -0.25) is 4.79 Å². The number of halogens is 3. The number of alkyl halides is 3. The molecule has 0 atom stereocenters. The smallest absolute Gasteiger partial charge is 0.418 e. The van der Waals surface area contributed by atoms with E-state index in [1.54, 1.807) is 0 Å². The summed E-state index contributed by atoms with van der Waals surface area (Å²) in [5.41, 5.74) is -0.0581. The molecule has 0 saturated heterocycles. The van der Waals surface area contributed by atoms with Gasteiger partial charge in [-0.1, -0.05) is 38.1 Å². The van der Waals surface area contributed by atoms with Gasteiger partial charge in [-0.25, -0.2) is 4.68 Å². The van der Waals surface area contributed by atoms with Crippen molar-refractivity contribution < 1.29 is 22.7 Å². The van der Waals surface area contributed by atoms with Crippen molar-refractivity contribution in [2.75, 3.05) is 5.32 Å². The number of amides is 1. The first-order chi connectivity index (χ1) is 13.7. The van der Waals surface area contributed by atoms with Gasteiger partial charge in [0.05, 0.1) is 11.3 Å². The van der Waals surface area contributed by atoms with Crippen LogP contribution in [0.3, 0.4) is 0 Å². The summed E-state index contributed by atoms with van der Waals surface area (Å²) in [4.78, 5) is 12.3. The maximum Gasteiger partial charge on any atom is 0.418 e. The molecule has 29 heavy (non-hydrogen) atoms. The molecule has 3 rings (SSSR count). The number of rotatable bonds is 6. The molecule has 0 aliphatic carbocycles. The average Bonchev–Trinajstić information content (AvgIpc) is 3.15. The van der Waals surface area contributed by atoms with Gasteiger partial charge in [-0.15, -0.1) is 0 Å². The van der Waals surface area contributed by atoms with E-state index in [0.29, 0.717) is 11.7 Å². The molecule has 0 bridgehead atoms. The summed E-state index contributed by atoms with van der Waals surface area (Å²) in [5.74, 6) is 0.329. The van der Waals surface area contributed by atoms with E-state index in [1.165, 1.54) is 40.7 Å². The monoisotopic (exact) mass is 403 g/mol. The Morgan fingerprint density at radius 2 is 1.79 bits per heavy atom. The minimum absolute atomic E-state index is 0.0132. The van der Waals surface area contributed by atoms with E-state index in [4.69, 9.17) is 4.74 Å². The first kappa shape index (κ1) is 20.4. The lowest BCUT2D eigenvalue weighted by Crippen LogP contribution is -2.17. The van der Waals surface area contributed by atoms with E-state index in [1.807, 2.05) is 24.3 Å². The molecule has 0 aliphatic rings. The summed E-state index contributed by atoms with van der Waals surface area (Å²) in [6.45, 7) is 4.26. The van der Waals surface area contributed by atoms with Crippen molar-refractivity contribution >= 4 is 11.6 Å². The van der Waals surface area contributed by atoms with Crippen molar-refractivity contribution in [2.45, 2.75) is 32.7 Å². The number of nitrogens with one attached hydrogen (secondary N) is 1. The second kappa shape index (κ2) is 8.38. The molecular weight excluding hydrogens is 383 g/mol. The van der Waals surface area contributed by atoms with Gasteiger partial charge < -0.3 is 10.1 Å². The molecular formula is C21H20F3N3O2. The van der Waals surface area contributed by atoms with Crippen LogP contribution in [0.25, 0.3) is 0 Å². The normalized spacial score (nSPS) is 11.5. The molecule has 1 N–H and O–H groups in total. The number of ether oxygens (including phenoxy) is 1. The lowest BCUT2D eigenvalue weighted by molar-refractivity contribution is -0.136. The number of hydrogen-bond donors (Lipinski definition) is 1. The molecule has 1 amide bonds. The molecule has 0 unspecified atom stereocenters. The van der Waals surface area contributed by atoms with E-state index < -0.39 is 17.6 Å². The third-order valence-corrected chi connectivity index (χ3v) is 4.26. The van der Waals surface area contributed by atoms with E-state index in [2.05, 4.69) is 24.3 Å². The van der Waals surface area contributed by atoms with Gasteiger partial charge in [0.2, 0.25) is 0 Å². The lowest BCUT2D eigenvalue weighted by atomic mass is 10.0. The molecule has 152 valence electrons. The fourth-order valence-electron chi connectivity index (χ4n) is 2.67. The van der Waals surface area contributed by atoms with Crippen LogP contribution in [0.1, 0.15) is 41.4 Å². The van der Waals surface area contributed by atoms with Crippen LogP contribution in [0.4, 0.5) is 18.9 Å². The molecule has 8 heteroatoms. The number of carbonyl (C=O) groups excluding carboxylic acids is 1. The molecule has 0 aliphatic heterocycles. The Kier molecular flexibility index (Phi) is 5.91. The van der Waals surface area contributed by atoms with Crippen molar-refractivity contribution in [3.63, 3.8) is 0 Å². The van der Waals surface area contributed by atoms with E-state index >= 15 is 0 Å². The minimum Gasteiger partial charge on any atom is -0.471 e. The zero-order valence-corrected chi connectivity index (χ0v) is 15.9. The lowest BCUT2D eigenvalue weighted by Gasteiger charge is -2.12. The summed E-state index contributed by atoms with van der Waals surface area (Å²) in [7, 11) is 0. The first-order valence-corrected chi connectivity index (χ1v) is 8.98. The van der Waals surface area contributed by atoms with Crippen LogP contribution in [0.2, 0.25) is 0 Å². The number of benzene rings is 2. The molecule has 3 aromatic rings. The van der Waals surface area contributed by atoms with Gasteiger partial charge in [-0.2, -0.15) is 18.3 Å². The Hall–Kier alpha value is -3.29. The molecule has 0 fully saturated rings. The van der Waals surface area contributed by atoms with Crippen LogP contribution >= 0.6 is 0 Å². The Labute approximate surface area is 166 Å². The number of para-hydroxylation sites is 1. The Bertz CT molecular complexity index is 979. The predicted octanol–water partition coefficient (Wildman–Crippen LogP) is 5.31. The fourth-order valence-corrected chi connectivity index (χ4v) is 2.67. The molecule has 0 spiro atoms. The molecule has 2 aromatic carbocycles. The number of hydrogen-bond acceptors (Lipinski definition) is 3. The van der Waals surface area contributed by atoms with Gasteiger partial charge in [0.25, 0.3) is 5.91 Å². The Balaban J connectivity index is 1.63. The maximum atomic E-state index is 13.0. The van der Waals surface area contributed by atoms with Crippen molar-refractivity contribution in [3.05, 3.63) is 77.6 Å². The highest BCUT2D eigenvalue weighted by molar-refractivity contribution is 6.03. The Morgan fingerprint density at radius 1 is 1.10 bits per heavy atom. The van der Waals surface area contributed by atoms with Crippen LogP contribution in [-0.2, 0) is 12.9 Å². The summed E-state index contributed by atoms with van der Waals surface area (Å²) < 4.78 is 46.2. The average molecular weight is 403 g/mol. The molecule has 1 aromatic heterocycles. The quantitative estimate of drug-likeness (QED) is 0.607. The van der Waals surface area contributed by atoms with E-state index in [9.17, 15) is 18.0 Å². The zero-order valence-electron chi connectivity index (χ0n) is 15.9. The van der Waals surface area contributed by atoms with E-state index in [0.717, 1.165) is 6.07 Å². The molecule has 1 heterocycles. The molecule has 0 saturated carbocycles. The first-order valence-electron chi connectivity index (χ1n) is 8.98. The minimum atomic E-state index is -4.57. The van der Waals surface area contributed by atoms with Gasteiger partial charge >= 0.3 is 6.18 Å². The Morgan fingerprint density at radius 3 is 2.45 bits per heavy atom. The van der Waals surface area contributed by atoms with Gasteiger partial charge in [-0.05, 0) is 41.8 Å². The van der Waals surface area contributed by atoms with Crippen LogP contribution in [0, 0.1) is 0 Å². The summed E-state index contributed by atoms with van der Waals surface area (Å²) in [5, 5.41) is 6.32. The van der Waals surface area contributed by atoms with Crippen molar-refractivity contribution in [3.8, 4) is 5.75 Å². The van der Waals surface area contributed by atoms with Crippen LogP contribution in [0.5, 0.6) is 5.75 Å². The van der Waals surface area contributed by atoms with Crippen molar-refractivity contribution in [1.82, 2.24) is 9.78 Å². The third-order valence-electron chi connectivity index (χ3n) is 4.26. The topological polar surface area (TPSA) is 56.1 Å². The highest BCUT2D eigenvalue weighted by Gasteiger charge is 2.33. The molecule has 5 nitrogen and oxygen atoms in total. The predicted molar refractivity (Wildman–Crippen MR) is 103 cm³/mol. The zero-order chi connectivity index (χ0) is 21.0. The number of nitrogens with zero attached hydrogens (tertiary/aromatic N) is 2. The summed E-state index contributed by atoms with van der Waals surface area (Å²) in [6.07, 6.45) is -3.05. The van der Waals surface area contributed by atoms with Gasteiger partial charge in [0, 0.05) is 6.20 Å². The highest BCUT2D eigenvalue weighted by Crippen LogP contribution is 2.34. The van der Waals surface area contributed by atoms with Crippen LogP contribution < -0.4 is 10.1 Å². The van der Waals surface area contributed by atoms with Gasteiger partial charge in [0.1, 0.15) is 5.75 Å². The summed E-state index contributed by atoms with van der Waals surface area (Å²) >= 11 is 0. The van der Waals surface area contributed by atoms with Crippen molar-refractivity contribution in [1.29, 1.82) is 0 Å². The fraction of sp³-hybridized carbons (Fsp3) is 0.238. The third kappa shape index (κ3) is 5.16. The van der Waals surface area contributed by atoms with Crippen LogP contribution in [0.15, 0.2) is 60.8 Å². The second-order valence-electron chi connectivity index (χ2n) is 6.74. The van der Waals surface area contributed by atoms with Crippen molar-refractivity contribution in [2.24, 2.45) is 0 Å².